The van der Waals surface area contributed by atoms with Crippen LogP contribution >= 0.6 is 0 Å². The second-order valence-corrected chi connectivity index (χ2v) is 5.40. The SMILES string of the molecule is CC1CCCn2c1nc(-c1ccccc1)c2CC(=O)O. The third kappa shape index (κ3) is 2.22. The Labute approximate surface area is 118 Å². The molecule has 0 bridgehead atoms. The number of aromatic nitrogens is 2. The molecule has 20 heavy (non-hydrogen) atoms. The van der Waals surface area contributed by atoms with E-state index >= 15 is 0 Å². The van der Waals surface area contributed by atoms with E-state index in [-0.39, 0.29) is 6.42 Å². The van der Waals surface area contributed by atoms with Gasteiger partial charge in [0.15, 0.2) is 0 Å². The van der Waals surface area contributed by atoms with Crippen molar-refractivity contribution in [1.29, 1.82) is 0 Å². The highest BCUT2D eigenvalue weighted by molar-refractivity contribution is 5.74. The third-order valence-corrected chi connectivity index (χ3v) is 3.93. The van der Waals surface area contributed by atoms with Crippen molar-refractivity contribution in [3.8, 4) is 11.3 Å². The quantitative estimate of drug-likeness (QED) is 0.932. The summed E-state index contributed by atoms with van der Waals surface area (Å²) in [5.41, 5.74) is 2.67. The van der Waals surface area contributed by atoms with Crippen LogP contribution in [0.1, 0.15) is 37.2 Å². The molecule has 104 valence electrons. The zero-order chi connectivity index (χ0) is 14.1. The molecule has 1 aliphatic heterocycles. The van der Waals surface area contributed by atoms with Gasteiger partial charge in [0, 0.05) is 18.0 Å². The molecule has 1 aromatic carbocycles. The number of imidazole rings is 1. The molecule has 1 atom stereocenters. The summed E-state index contributed by atoms with van der Waals surface area (Å²) in [5.74, 6) is 0.628. The smallest absolute Gasteiger partial charge is 0.309 e. The molecule has 0 fully saturated rings. The Bertz CT molecular complexity index is 631. The molecular weight excluding hydrogens is 252 g/mol. The maximum atomic E-state index is 11.2. The molecule has 1 unspecified atom stereocenters. The van der Waals surface area contributed by atoms with Gasteiger partial charge in [-0.1, -0.05) is 37.3 Å². The highest BCUT2D eigenvalue weighted by Crippen LogP contribution is 2.33. The first kappa shape index (κ1) is 12.9. The van der Waals surface area contributed by atoms with E-state index in [9.17, 15) is 9.90 Å². The van der Waals surface area contributed by atoms with Gasteiger partial charge >= 0.3 is 5.97 Å². The minimum absolute atomic E-state index is 0.0317. The first-order chi connectivity index (χ1) is 9.66. The van der Waals surface area contributed by atoms with E-state index < -0.39 is 5.97 Å². The summed E-state index contributed by atoms with van der Waals surface area (Å²) < 4.78 is 2.12. The molecular formula is C16H18N2O2. The van der Waals surface area contributed by atoms with Crippen LogP contribution in [0.3, 0.4) is 0 Å². The highest BCUT2D eigenvalue weighted by atomic mass is 16.4. The average Bonchev–Trinajstić information content (AvgIpc) is 2.80. The molecule has 4 heteroatoms. The normalized spacial score (nSPS) is 17.8. The number of aliphatic carboxylic acids is 1. The monoisotopic (exact) mass is 270 g/mol. The van der Waals surface area contributed by atoms with E-state index in [1.165, 1.54) is 0 Å². The lowest BCUT2D eigenvalue weighted by atomic mass is 10.0. The van der Waals surface area contributed by atoms with Gasteiger partial charge in [-0.25, -0.2) is 4.98 Å². The number of carbonyl (C=O) groups is 1. The Kier molecular flexibility index (Phi) is 3.30. The predicted octanol–water partition coefficient (Wildman–Crippen LogP) is 3.07. The van der Waals surface area contributed by atoms with Crippen LogP contribution in [0.25, 0.3) is 11.3 Å². The fourth-order valence-electron chi connectivity index (χ4n) is 2.97. The van der Waals surface area contributed by atoms with Gasteiger partial charge in [-0.05, 0) is 12.8 Å². The van der Waals surface area contributed by atoms with Crippen LogP contribution in [0, 0.1) is 0 Å². The van der Waals surface area contributed by atoms with Gasteiger partial charge < -0.3 is 9.67 Å². The number of carboxylic acid groups (broad SMARTS) is 1. The van der Waals surface area contributed by atoms with E-state index in [0.29, 0.717) is 5.92 Å². The number of hydrogen-bond acceptors (Lipinski definition) is 2. The first-order valence-electron chi connectivity index (χ1n) is 7.03. The summed E-state index contributed by atoms with van der Waals surface area (Å²) in [6.07, 6.45) is 2.24. The first-order valence-corrected chi connectivity index (χ1v) is 7.03. The molecule has 2 heterocycles. The van der Waals surface area contributed by atoms with Gasteiger partial charge in [0.2, 0.25) is 0 Å². The van der Waals surface area contributed by atoms with E-state index in [4.69, 9.17) is 4.98 Å². The Morgan fingerprint density at radius 2 is 2.15 bits per heavy atom. The molecule has 0 radical (unpaired) electrons. The number of nitrogens with zero attached hydrogens (tertiary/aromatic N) is 2. The molecule has 1 N–H and O–H groups in total. The van der Waals surface area contributed by atoms with E-state index in [1.54, 1.807) is 0 Å². The third-order valence-electron chi connectivity index (χ3n) is 3.93. The summed E-state index contributed by atoms with van der Waals surface area (Å²) in [5, 5.41) is 9.18. The van der Waals surface area contributed by atoms with Gasteiger partial charge in [-0.3, -0.25) is 4.79 Å². The molecule has 3 rings (SSSR count). The van der Waals surface area contributed by atoms with Crippen LogP contribution in [0.15, 0.2) is 30.3 Å². The minimum atomic E-state index is -0.803. The highest BCUT2D eigenvalue weighted by Gasteiger charge is 2.25. The molecule has 1 aliphatic rings. The topological polar surface area (TPSA) is 55.1 Å². The van der Waals surface area contributed by atoms with Crippen LogP contribution in [0.2, 0.25) is 0 Å². The van der Waals surface area contributed by atoms with Crippen molar-refractivity contribution in [2.24, 2.45) is 0 Å². The summed E-state index contributed by atoms with van der Waals surface area (Å²) in [4.78, 5) is 15.9. The standard InChI is InChI=1S/C16H18N2O2/c1-11-6-5-9-18-13(10-14(19)20)15(17-16(11)18)12-7-3-2-4-8-12/h2-4,7-8,11H,5-6,9-10H2,1H3,(H,19,20). The number of fused-ring (bicyclic) bond motifs is 1. The van der Waals surface area contributed by atoms with Crippen LogP contribution in [0.4, 0.5) is 0 Å². The van der Waals surface area contributed by atoms with Crippen LogP contribution < -0.4 is 0 Å². The Hall–Kier alpha value is -2.10. The molecule has 0 saturated carbocycles. The number of benzene rings is 1. The van der Waals surface area contributed by atoms with E-state index in [1.807, 2.05) is 30.3 Å². The van der Waals surface area contributed by atoms with Crippen molar-refractivity contribution in [3.05, 3.63) is 41.9 Å². The van der Waals surface area contributed by atoms with Gasteiger partial charge in [0.1, 0.15) is 5.82 Å². The zero-order valence-corrected chi connectivity index (χ0v) is 11.5. The van der Waals surface area contributed by atoms with Crippen molar-refractivity contribution in [2.45, 2.75) is 38.6 Å². The molecule has 2 aromatic rings. The van der Waals surface area contributed by atoms with E-state index in [0.717, 1.165) is 42.2 Å². The van der Waals surface area contributed by atoms with Crippen LogP contribution in [-0.2, 0) is 17.8 Å². The average molecular weight is 270 g/mol. The fraction of sp³-hybridized carbons (Fsp3) is 0.375. The molecule has 4 nitrogen and oxygen atoms in total. The van der Waals surface area contributed by atoms with Crippen molar-refractivity contribution < 1.29 is 9.90 Å². The molecule has 0 saturated heterocycles. The lowest BCUT2D eigenvalue weighted by Crippen LogP contribution is -2.17. The summed E-state index contributed by atoms with van der Waals surface area (Å²) in [6.45, 7) is 3.04. The molecule has 0 amide bonds. The Balaban J connectivity index is 2.15. The number of hydrogen-bond donors (Lipinski definition) is 1. The minimum Gasteiger partial charge on any atom is -0.481 e. The van der Waals surface area contributed by atoms with Crippen molar-refractivity contribution >= 4 is 5.97 Å². The van der Waals surface area contributed by atoms with E-state index in [2.05, 4.69) is 11.5 Å². The largest absolute Gasteiger partial charge is 0.481 e. The number of rotatable bonds is 3. The van der Waals surface area contributed by atoms with Crippen LogP contribution in [-0.4, -0.2) is 20.6 Å². The predicted molar refractivity (Wildman–Crippen MR) is 76.7 cm³/mol. The summed E-state index contributed by atoms with van der Waals surface area (Å²) >= 11 is 0. The molecule has 0 aliphatic carbocycles. The second-order valence-electron chi connectivity index (χ2n) is 5.40. The zero-order valence-electron chi connectivity index (χ0n) is 11.5. The molecule has 1 aromatic heterocycles. The van der Waals surface area contributed by atoms with Crippen LogP contribution in [0.5, 0.6) is 0 Å². The van der Waals surface area contributed by atoms with Crippen molar-refractivity contribution in [1.82, 2.24) is 9.55 Å². The fourth-order valence-corrected chi connectivity index (χ4v) is 2.97. The summed E-state index contributed by atoms with van der Waals surface area (Å²) in [7, 11) is 0. The number of carboxylic acids is 1. The lowest BCUT2D eigenvalue weighted by molar-refractivity contribution is -0.136. The maximum absolute atomic E-state index is 11.2. The Morgan fingerprint density at radius 1 is 1.40 bits per heavy atom. The van der Waals surface area contributed by atoms with Crippen molar-refractivity contribution in [2.75, 3.05) is 0 Å². The van der Waals surface area contributed by atoms with Gasteiger partial charge in [-0.2, -0.15) is 0 Å². The Morgan fingerprint density at radius 3 is 2.85 bits per heavy atom. The molecule has 0 spiro atoms. The van der Waals surface area contributed by atoms with Crippen molar-refractivity contribution in [3.63, 3.8) is 0 Å². The second kappa shape index (κ2) is 5.12. The lowest BCUT2D eigenvalue weighted by Gasteiger charge is -2.21. The van der Waals surface area contributed by atoms with Gasteiger partial charge in [0.05, 0.1) is 17.8 Å². The van der Waals surface area contributed by atoms with Gasteiger partial charge in [0.25, 0.3) is 0 Å². The van der Waals surface area contributed by atoms with Gasteiger partial charge in [-0.15, -0.1) is 0 Å². The maximum Gasteiger partial charge on any atom is 0.309 e. The summed E-state index contributed by atoms with van der Waals surface area (Å²) in [6, 6.07) is 9.86.